The predicted molar refractivity (Wildman–Crippen MR) is 75.3 cm³/mol. The van der Waals surface area contributed by atoms with E-state index in [0.717, 1.165) is 37.5 Å². The molecule has 0 radical (unpaired) electrons. The summed E-state index contributed by atoms with van der Waals surface area (Å²) < 4.78 is 2.13. The van der Waals surface area contributed by atoms with Crippen LogP contribution in [0.1, 0.15) is 56.7 Å². The van der Waals surface area contributed by atoms with Crippen molar-refractivity contribution in [3.63, 3.8) is 0 Å². The lowest BCUT2D eigenvalue weighted by Gasteiger charge is -2.17. The highest BCUT2D eigenvalue weighted by atomic mass is 16.2. The molecule has 2 aliphatic rings. The third-order valence-electron chi connectivity index (χ3n) is 4.20. The Bertz CT molecular complexity index is 554. The number of carbonyl (C=O) groups excluding carboxylic acids is 2. The Balaban J connectivity index is 1.68. The minimum atomic E-state index is -0.411. The number of amides is 2. The molecule has 2 atom stereocenters. The first-order valence-electron chi connectivity index (χ1n) is 7.67. The Labute approximate surface area is 123 Å². The van der Waals surface area contributed by atoms with Crippen LogP contribution in [0.3, 0.4) is 0 Å². The number of hydrogen-bond acceptors (Lipinski definition) is 4. The standard InChI is InChI=1S/C14H21N5O2/c1-9(15-14(21)10-6-7-12(20)16-10)13-18-17-11-5-3-2-4-8-19(11)13/h9-10H,2-8H2,1H3,(H,15,21)(H,16,20). The lowest BCUT2D eigenvalue weighted by molar-refractivity contribution is -0.126. The van der Waals surface area contributed by atoms with Crippen LogP contribution in [0, 0.1) is 0 Å². The van der Waals surface area contributed by atoms with E-state index in [-0.39, 0.29) is 17.9 Å². The van der Waals surface area contributed by atoms with Gasteiger partial charge in [0.2, 0.25) is 11.8 Å². The molecular formula is C14H21N5O2. The molecule has 2 unspecified atom stereocenters. The lowest BCUT2D eigenvalue weighted by Crippen LogP contribution is -2.43. The van der Waals surface area contributed by atoms with E-state index < -0.39 is 6.04 Å². The highest BCUT2D eigenvalue weighted by molar-refractivity contribution is 5.90. The van der Waals surface area contributed by atoms with Gasteiger partial charge in [-0.1, -0.05) is 6.42 Å². The molecule has 0 spiro atoms. The molecule has 0 aromatic carbocycles. The second-order valence-corrected chi connectivity index (χ2v) is 5.83. The van der Waals surface area contributed by atoms with Crippen molar-refractivity contribution in [1.82, 2.24) is 25.4 Å². The maximum absolute atomic E-state index is 12.1. The average molecular weight is 291 g/mol. The second kappa shape index (κ2) is 5.83. The van der Waals surface area contributed by atoms with Crippen molar-refractivity contribution < 1.29 is 9.59 Å². The zero-order valence-corrected chi connectivity index (χ0v) is 12.3. The van der Waals surface area contributed by atoms with E-state index >= 15 is 0 Å². The molecule has 2 aliphatic heterocycles. The smallest absolute Gasteiger partial charge is 0.243 e. The molecule has 7 nitrogen and oxygen atoms in total. The van der Waals surface area contributed by atoms with Crippen LogP contribution >= 0.6 is 0 Å². The molecule has 0 saturated carbocycles. The molecule has 21 heavy (non-hydrogen) atoms. The van der Waals surface area contributed by atoms with Gasteiger partial charge in [-0.05, 0) is 26.2 Å². The summed E-state index contributed by atoms with van der Waals surface area (Å²) in [6, 6.07) is -0.610. The van der Waals surface area contributed by atoms with Crippen molar-refractivity contribution in [2.45, 2.75) is 64.1 Å². The van der Waals surface area contributed by atoms with Crippen molar-refractivity contribution in [2.75, 3.05) is 0 Å². The van der Waals surface area contributed by atoms with Crippen molar-refractivity contribution in [3.05, 3.63) is 11.6 Å². The van der Waals surface area contributed by atoms with Crippen LogP contribution in [0.25, 0.3) is 0 Å². The summed E-state index contributed by atoms with van der Waals surface area (Å²) in [4.78, 5) is 23.3. The van der Waals surface area contributed by atoms with Crippen LogP contribution in [0.15, 0.2) is 0 Å². The predicted octanol–water partition coefficient (Wildman–Crippen LogP) is 0.460. The summed E-state index contributed by atoms with van der Waals surface area (Å²) in [5.74, 6) is 1.63. The molecule has 7 heteroatoms. The summed E-state index contributed by atoms with van der Waals surface area (Å²) in [5.41, 5.74) is 0. The average Bonchev–Trinajstić information content (AvgIpc) is 2.99. The summed E-state index contributed by atoms with van der Waals surface area (Å²) in [5, 5.41) is 14.1. The van der Waals surface area contributed by atoms with Gasteiger partial charge < -0.3 is 15.2 Å². The maximum atomic E-state index is 12.1. The number of nitrogens with one attached hydrogen (secondary N) is 2. The van der Waals surface area contributed by atoms with Crippen LogP contribution in [-0.2, 0) is 22.6 Å². The molecule has 1 saturated heterocycles. The number of aryl methyl sites for hydroxylation is 1. The van der Waals surface area contributed by atoms with Gasteiger partial charge in [0.05, 0.1) is 6.04 Å². The zero-order chi connectivity index (χ0) is 14.8. The fourth-order valence-corrected chi connectivity index (χ4v) is 3.02. The molecular weight excluding hydrogens is 270 g/mol. The van der Waals surface area contributed by atoms with Gasteiger partial charge in [-0.3, -0.25) is 9.59 Å². The number of rotatable bonds is 3. The maximum Gasteiger partial charge on any atom is 0.243 e. The molecule has 1 aromatic heterocycles. The topological polar surface area (TPSA) is 88.9 Å². The molecule has 0 aliphatic carbocycles. The summed E-state index contributed by atoms with van der Waals surface area (Å²) in [6.45, 7) is 2.83. The Morgan fingerprint density at radius 2 is 2.19 bits per heavy atom. The van der Waals surface area contributed by atoms with Gasteiger partial charge in [0.25, 0.3) is 0 Å². The van der Waals surface area contributed by atoms with E-state index in [2.05, 4.69) is 25.4 Å². The fraction of sp³-hybridized carbons (Fsp3) is 0.714. The van der Waals surface area contributed by atoms with Gasteiger partial charge in [-0.15, -0.1) is 10.2 Å². The summed E-state index contributed by atoms with van der Waals surface area (Å²) in [7, 11) is 0. The third-order valence-corrected chi connectivity index (χ3v) is 4.20. The van der Waals surface area contributed by atoms with Crippen LogP contribution in [-0.4, -0.2) is 32.6 Å². The molecule has 2 N–H and O–H groups in total. The second-order valence-electron chi connectivity index (χ2n) is 5.83. The van der Waals surface area contributed by atoms with Crippen LogP contribution in [0.5, 0.6) is 0 Å². The van der Waals surface area contributed by atoms with E-state index in [1.165, 1.54) is 6.42 Å². The van der Waals surface area contributed by atoms with Gasteiger partial charge >= 0.3 is 0 Å². The number of hydrogen-bond donors (Lipinski definition) is 2. The van der Waals surface area contributed by atoms with Gasteiger partial charge in [-0.2, -0.15) is 0 Å². The van der Waals surface area contributed by atoms with E-state index in [1.807, 2.05) is 6.92 Å². The Hall–Kier alpha value is -1.92. The number of fused-ring (bicyclic) bond motifs is 1. The van der Waals surface area contributed by atoms with E-state index in [0.29, 0.717) is 12.8 Å². The molecule has 0 bridgehead atoms. The fourth-order valence-electron chi connectivity index (χ4n) is 3.02. The van der Waals surface area contributed by atoms with Crippen molar-refractivity contribution in [1.29, 1.82) is 0 Å². The van der Waals surface area contributed by atoms with E-state index in [4.69, 9.17) is 0 Å². The molecule has 1 fully saturated rings. The minimum Gasteiger partial charge on any atom is -0.345 e. The molecule has 3 heterocycles. The van der Waals surface area contributed by atoms with Crippen LogP contribution < -0.4 is 10.6 Å². The zero-order valence-electron chi connectivity index (χ0n) is 12.3. The van der Waals surface area contributed by atoms with Crippen molar-refractivity contribution >= 4 is 11.8 Å². The van der Waals surface area contributed by atoms with Gasteiger partial charge in [-0.25, -0.2) is 0 Å². The van der Waals surface area contributed by atoms with E-state index in [1.54, 1.807) is 0 Å². The number of carbonyl (C=O) groups is 2. The minimum absolute atomic E-state index is 0.0563. The summed E-state index contributed by atoms with van der Waals surface area (Å²) in [6.07, 6.45) is 5.41. The normalized spacial score (nSPS) is 23.1. The first-order chi connectivity index (χ1) is 10.1. The lowest BCUT2D eigenvalue weighted by atomic mass is 10.2. The molecule has 3 rings (SSSR count). The SMILES string of the molecule is CC(NC(=O)C1CCC(=O)N1)c1nnc2n1CCCCC2. The number of nitrogens with zero attached hydrogens (tertiary/aromatic N) is 3. The van der Waals surface area contributed by atoms with Gasteiger partial charge in [0.1, 0.15) is 11.9 Å². The Morgan fingerprint density at radius 1 is 1.33 bits per heavy atom. The van der Waals surface area contributed by atoms with Gasteiger partial charge in [0.15, 0.2) is 5.82 Å². The molecule has 2 amide bonds. The van der Waals surface area contributed by atoms with Crippen molar-refractivity contribution in [3.8, 4) is 0 Å². The number of aromatic nitrogens is 3. The highest BCUT2D eigenvalue weighted by Gasteiger charge is 2.29. The van der Waals surface area contributed by atoms with Gasteiger partial charge in [0, 0.05) is 19.4 Å². The molecule has 114 valence electrons. The largest absolute Gasteiger partial charge is 0.345 e. The highest BCUT2D eigenvalue weighted by Crippen LogP contribution is 2.19. The quantitative estimate of drug-likeness (QED) is 0.846. The monoisotopic (exact) mass is 291 g/mol. The first-order valence-corrected chi connectivity index (χ1v) is 7.67. The van der Waals surface area contributed by atoms with Crippen molar-refractivity contribution in [2.24, 2.45) is 0 Å². The Morgan fingerprint density at radius 3 is 2.95 bits per heavy atom. The third kappa shape index (κ3) is 2.91. The summed E-state index contributed by atoms with van der Waals surface area (Å²) >= 11 is 0. The Kier molecular flexibility index (Phi) is 3.90. The first kappa shape index (κ1) is 14.0. The van der Waals surface area contributed by atoms with Crippen LogP contribution in [0.2, 0.25) is 0 Å². The molecule has 1 aromatic rings. The van der Waals surface area contributed by atoms with Crippen LogP contribution in [0.4, 0.5) is 0 Å². The van der Waals surface area contributed by atoms with E-state index in [9.17, 15) is 9.59 Å².